The molecule has 2 rings (SSSR count). The molecule has 1 atom stereocenters. The molecule has 1 aromatic carbocycles. The van der Waals surface area contributed by atoms with E-state index < -0.39 is 18.0 Å². The molecule has 1 fully saturated rings. The number of nitrogens with one attached hydrogen (secondary N) is 2. The molecule has 112 valence electrons. The zero-order chi connectivity index (χ0) is 15.2. The van der Waals surface area contributed by atoms with Crippen molar-refractivity contribution in [2.75, 3.05) is 13.1 Å². The summed E-state index contributed by atoms with van der Waals surface area (Å²) in [5, 5.41) is 5.30. The van der Waals surface area contributed by atoms with E-state index in [9.17, 15) is 14.4 Å². The summed E-state index contributed by atoms with van der Waals surface area (Å²) in [5.74, 6) is -0.832. The molecule has 1 aliphatic heterocycles. The second kappa shape index (κ2) is 6.74. The van der Waals surface area contributed by atoms with E-state index in [2.05, 4.69) is 10.6 Å². The van der Waals surface area contributed by atoms with Gasteiger partial charge in [0.1, 0.15) is 6.04 Å². The number of nitrogens with zero attached hydrogens (tertiary/aromatic N) is 1. The lowest BCUT2D eigenvalue weighted by molar-refractivity contribution is -0.133. The van der Waals surface area contributed by atoms with E-state index >= 15 is 0 Å². The molecule has 1 unspecified atom stereocenters. The summed E-state index contributed by atoms with van der Waals surface area (Å²) in [4.78, 5) is 35.9. The summed E-state index contributed by atoms with van der Waals surface area (Å²) in [6, 6.07) is 8.46. The predicted octanol–water partition coefficient (Wildman–Crippen LogP) is -0.428. The van der Waals surface area contributed by atoms with Gasteiger partial charge in [-0.05, 0) is 12.0 Å². The van der Waals surface area contributed by atoms with Gasteiger partial charge in [-0.2, -0.15) is 0 Å². The lowest BCUT2D eigenvalue weighted by Crippen LogP contribution is -2.46. The Labute approximate surface area is 122 Å². The van der Waals surface area contributed by atoms with Crippen molar-refractivity contribution >= 4 is 17.8 Å². The quantitative estimate of drug-likeness (QED) is 0.685. The zero-order valence-electron chi connectivity index (χ0n) is 11.5. The van der Waals surface area contributed by atoms with Crippen LogP contribution in [-0.4, -0.2) is 41.9 Å². The topological polar surface area (TPSA) is 105 Å². The van der Waals surface area contributed by atoms with Crippen molar-refractivity contribution in [3.05, 3.63) is 35.9 Å². The molecule has 4 N–H and O–H groups in total. The van der Waals surface area contributed by atoms with Crippen molar-refractivity contribution in [3.8, 4) is 0 Å². The first-order valence-corrected chi connectivity index (χ1v) is 6.71. The van der Waals surface area contributed by atoms with E-state index in [4.69, 9.17) is 5.73 Å². The Morgan fingerprint density at radius 2 is 2.00 bits per heavy atom. The molecule has 0 saturated carbocycles. The van der Waals surface area contributed by atoms with Gasteiger partial charge >= 0.3 is 6.03 Å². The fourth-order valence-corrected chi connectivity index (χ4v) is 2.21. The van der Waals surface area contributed by atoms with Gasteiger partial charge in [0.05, 0.1) is 6.54 Å². The average Bonchev–Trinajstić information content (AvgIpc) is 2.79. The summed E-state index contributed by atoms with van der Waals surface area (Å²) in [5.41, 5.74) is 6.03. The number of nitrogens with two attached hydrogens (primary N) is 1. The van der Waals surface area contributed by atoms with Gasteiger partial charge in [-0.3, -0.25) is 9.59 Å². The minimum atomic E-state index is -0.597. The molecule has 1 heterocycles. The molecule has 0 aliphatic carbocycles. The van der Waals surface area contributed by atoms with E-state index in [1.165, 1.54) is 4.90 Å². The van der Waals surface area contributed by atoms with Crippen LogP contribution in [0.2, 0.25) is 0 Å². The largest absolute Gasteiger partial charge is 0.368 e. The van der Waals surface area contributed by atoms with Crippen molar-refractivity contribution in [3.63, 3.8) is 0 Å². The van der Waals surface area contributed by atoms with Crippen LogP contribution in [-0.2, 0) is 16.1 Å². The second-order valence-corrected chi connectivity index (χ2v) is 4.88. The number of amides is 4. The van der Waals surface area contributed by atoms with E-state index in [1.807, 2.05) is 30.3 Å². The molecular weight excluding hydrogens is 272 g/mol. The third-order valence-corrected chi connectivity index (χ3v) is 3.25. The first-order chi connectivity index (χ1) is 10.1. The van der Waals surface area contributed by atoms with Gasteiger partial charge in [-0.25, -0.2) is 4.79 Å². The Balaban J connectivity index is 1.78. The zero-order valence-corrected chi connectivity index (χ0v) is 11.5. The van der Waals surface area contributed by atoms with Gasteiger partial charge < -0.3 is 21.3 Å². The van der Waals surface area contributed by atoms with Gasteiger partial charge in [-0.15, -0.1) is 0 Å². The van der Waals surface area contributed by atoms with Crippen LogP contribution in [0.25, 0.3) is 0 Å². The summed E-state index contributed by atoms with van der Waals surface area (Å²) < 4.78 is 0. The molecule has 1 aliphatic rings. The van der Waals surface area contributed by atoms with Crippen LogP contribution in [0.15, 0.2) is 30.3 Å². The molecule has 0 aromatic heterocycles. The predicted molar refractivity (Wildman–Crippen MR) is 76.0 cm³/mol. The number of benzene rings is 1. The monoisotopic (exact) mass is 290 g/mol. The Bertz CT molecular complexity index is 532. The maximum atomic E-state index is 11.9. The number of primary amides is 1. The van der Waals surface area contributed by atoms with E-state index in [1.54, 1.807) is 0 Å². The van der Waals surface area contributed by atoms with Crippen LogP contribution in [0.1, 0.15) is 12.0 Å². The maximum Gasteiger partial charge on any atom is 0.315 e. The first kappa shape index (κ1) is 14.8. The Kier molecular flexibility index (Phi) is 4.76. The SMILES string of the molecule is NC(=O)CN1CCC(NC(=O)NCc2ccccc2)C1=O. The van der Waals surface area contributed by atoms with Crippen molar-refractivity contribution in [2.24, 2.45) is 5.73 Å². The number of urea groups is 1. The molecule has 21 heavy (non-hydrogen) atoms. The van der Waals surface area contributed by atoms with Crippen LogP contribution in [0.5, 0.6) is 0 Å². The second-order valence-electron chi connectivity index (χ2n) is 4.88. The third kappa shape index (κ3) is 4.20. The smallest absolute Gasteiger partial charge is 0.315 e. The standard InChI is InChI=1S/C14H18N4O3/c15-12(19)9-18-7-6-11(13(18)20)17-14(21)16-8-10-4-2-1-3-5-10/h1-5,11H,6-9H2,(H2,15,19)(H2,16,17,21). The minimum Gasteiger partial charge on any atom is -0.368 e. The normalized spacial score (nSPS) is 17.6. The molecule has 0 spiro atoms. The fraction of sp³-hybridized carbons (Fsp3) is 0.357. The van der Waals surface area contributed by atoms with Crippen LogP contribution < -0.4 is 16.4 Å². The van der Waals surface area contributed by atoms with Crippen LogP contribution >= 0.6 is 0 Å². The average molecular weight is 290 g/mol. The fourth-order valence-electron chi connectivity index (χ4n) is 2.21. The van der Waals surface area contributed by atoms with Gasteiger partial charge in [0.25, 0.3) is 0 Å². The summed E-state index contributed by atoms with van der Waals surface area (Å²) in [6.45, 7) is 0.701. The van der Waals surface area contributed by atoms with E-state index in [-0.39, 0.29) is 12.5 Å². The molecule has 1 saturated heterocycles. The number of rotatable bonds is 5. The molecule has 7 heteroatoms. The molecule has 4 amide bonds. The van der Waals surface area contributed by atoms with Crippen molar-refractivity contribution in [2.45, 2.75) is 19.0 Å². The third-order valence-electron chi connectivity index (χ3n) is 3.25. The number of carbonyl (C=O) groups is 3. The molecule has 1 aromatic rings. The molecule has 7 nitrogen and oxygen atoms in total. The van der Waals surface area contributed by atoms with Gasteiger partial charge in [-0.1, -0.05) is 30.3 Å². The number of carbonyl (C=O) groups excluding carboxylic acids is 3. The van der Waals surface area contributed by atoms with Crippen LogP contribution in [0, 0.1) is 0 Å². The van der Waals surface area contributed by atoms with Crippen molar-refractivity contribution in [1.82, 2.24) is 15.5 Å². The van der Waals surface area contributed by atoms with Gasteiger partial charge in [0, 0.05) is 13.1 Å². The Hall–Kier alpha value is -2.57. The lowest BCUT2D eigenvalue weighted by atomic mass is 10.2. The number of hydrogen-bond donors (Lipinski definition) is 3. The van der Waals surface area contributed by atoms with Crippen molar-refractivity contribution in [1.29, 1.82) is 0 Å². The summed E-state index contributed by atoms with van der Waals surface area (Å²) in [7, 11) is 0. The Morgan fingerprint density at radius 1 is 1.29 bits per heavy atom. The summed E-state index contributed by atoms with van der Waals surface area (Å²) >= 11 is 0. The molecule has 0 bridgehead atoms. The number of likely N-dealkylation sites (tertiary alicyclic amines) is 1. The highest BCUT2D eigenvalue weighted by molar-refractivity contribution is 5.91. The maximum absolute atomic E-state index is 11.9. The highest BCUT2D eigenvalue weighted by atomic mass is 16.2. The van der Waals surface area contributed by atoms with Gasteiger partial charge in [0.2, 0.25) is 11.8 Å². The first-order valence-electron chi connectivity index (χ1n) is 6.71. The van der Waals surface area contributed by atoms with E-state index in [0.717, 1.165) is 5.56 Å². The highest BCUT2D eigenvalue weighted by Crippen LogP contribution is 2.10. The van der Waals surface area contributed by atoms with Crippen LogP contribution in [0.3, 0.4) is 0 Å². The minimum absolute atomic E-state index is 0.108. The highest BCUT2D eigenvalue weighted by Gasteiger charge is 2.33. The van der Waals surface area contributed by atoms with E-state index in [0.29, 0.717) is 19.5 Å². The summed E-state index contributed by atoms with van der Waals surface area (Å²) in [6.07, 6.45) is 0.477. The van der Waals surface area contributed by atoms with Crippen molar-refractivity contribution < 1.29 is 14.4 Å². The lowest BCUT2D eigenvalue weighted by Gasteiger charge is -2.15. The molecule has 0 radical (unpaired) electrons. The Morgan fingerprint density at radius 3 is 2.67 bits per heavy atom. The molecular formula is C14H18N4O3. The number of hydrogen-bond acceptors (Lipinski definition) is 3. The van der Waals surface area contributed by atoms with Crippen LogP contribution in [0.4, 0.5) is 4.79 Å². The van der Waals surface area contributed by atoms with Gasteiger partial charge in [0.15, 0.2) is 0 Å².